The third-order valence-corrected chi connectivity index (χ3v) is 5.73. The number of anilines is 1. The molecule has 2 N–H and O–H groups in total. The van der Waals surface area contributed by atoms with E-state index in [0.29, 0.717) is 17.9 Å². The first kappa shape index (κ1) is 22.8. The largest absolute Gasteiger partial charge is 0.507 e. The quantitative estimate of drug-likeness (QED) is 0.581. The van der Waals surface area contributed by atoms with E-state index in [1.807, 2.05) is 39.8 Å². The Balaban J connectivity index is 1.61. The molecule has 0 bridgehead atoms. The lowest BCUT2D eigenvalue weighted by Crippen LogP contribution is -2.42. The van der Waals surface area contributed by atoms with Gasteiger partial charge in [-0.1, -0.05) is 18.2 Å². The number of hydrogen-bond acceptors (Lipinski definition) is 6. The smallest absolute Gasteiger partial charge is 0.407 e. The maximum atomic E-state index is 12.1. The summed E-state index contributed by atoms with van der Waals surface area (Å²) in [5, 5.41) is 14.3. The second-order valence-electron chi connectivity index (χ2n) is 9.75. The Hall–Kier alpha value is -3.35. The lowest BCUT2D eigenvalue weighted by molar-refractivity contribution is 0.0517. The third-order valence-electron chi connectivity index (χ3n) is 5.73. The molecule has 1 aliphatic rings. The lowest BCUT2D eigenvalue weighted by atomic mass is 9.97. The van der Waals surface area contributed by atoms with E-state index < -0.39 is 5.60 Å². The maximum absolute atomic E-state index is 12.1. The maximum Gasteiger partial charge on any atom is 0.407 e. The summed E-state index contributed by atoms with van der Waals surface area (Å²) in [5.74, 6) is 1.82. The molecule has 7 heteroatoms. The van der Waals surface area contributed by atoms with Crippen molar-refractivity contribution in [1.82, 2.24) is 15.3 Å². The van der Waals surface area contributed by atoms with Crippen LogP contribution in [0.15, 0.2) is 42.5 Å². The number of ether oxygens (including phenoxy) is 1. The Kier molecular flexibility index (Phi) is 6.40. The van der Waals surface area contributed by atoms with E-state index >= 15 is 0 Å². The molecule has 1 fully saturated rings. The molecule has 0 radical (unpaired) electrons. The van der Waals surface area contributed by atoms with E-state index in [9.17, 15) is 9.90 Å². The molecule has 0 saturated carbocycles. The first-order valence-electron chi connectivity index (χ1n) is 11.5. The fourth-order valence-electron chi connectivity index (χ4n) is 4.21. The van der Waals surface area contributed by atoms with Crippen LogP contribution < -0.4 is 10.2 Å². The molecule has 1 aliphatic heterocycles. The number of carbonyl (C=O) groups is 1. The van der Waals surface area contributed by atoms with Crippen LogP contribution in [0.4, 0.5) is 10.6 Å². The molecule has 7 nitrogen and oxygen atoms in total. The fraction of sp³-hybridized carbons (Fsp3) is 0.423. The summed E-state index contributed by atoms with van der Waals surface area (Å²) >= 11 is 0. The summed E-state index contributed by atoms with van der Waals surface area (Å²) in [5.41, 5.74) is 2.07. The summed E-state index contributed by atoms with van der Waals surface area (Å²) in [6.45, 7) is 9.83. The molecule has 0 aliphatic carbocycles. The number of para-hydroxylation sites is 1. The van der Waals surface area contributed by atoms with Crippen molar-refractivity contribution in [2.75, 3.05) is 24.5 Å². The highest BCUT2D eigenvalue weighted by molar-refractivity contribution is 5.92. The van der Waals surface area contributed by atoms with Crippen molar-refractivity contribution >= 4 is 22.8 Å². The van der Waals surface area contributed by atoms with Crippen LogP contribution in [-0.4, -0.2) is 46.4 Å². The molecule has 2 aromatic carbocycles. The molecule has 1 atom stereocenters. The third kappa shape index (κ3) is 5.53. The van der Waals surface area contributed by atoms with Gasteiger partial charge < -0.3 is 20.1 Å². The molecule has 1 unspecified atom stereocenters. The van der Waals surface area contributed by atoms with Gasteiger partial charge in [0.05, 0.1) is 11.1 Å². The van der Waals surface area contributed by atoms with Gasteiger partial charge in [-0.25, -0.2) is 14.8 Å². The van der Waals surface area contributed by atoms with Crippen LogP contribution in [-0.2, 0) is 4.74 Å². The van der Waals surface area contributed by atoms with E-state index in [4.69, 9.17) is 14.7 Å². The van der Waals surface area contributed by atoms with Crippen molar-refractivity contribution < 1.29 is 14.6 Å². The summed E-state index contributed by atoms with van der Waals surface area (Å²) < 4.78 is 5.38. The van der Waals surface area contributed by atoms with Crippen molar-refractivity contribution in [3.05, 3.63) is 48.0 Å². The Morgan fingerprint density at radius 2 is 2.00 bits per heavy atom. The van der Waals surface area contributed by atoms with Gasteiger partial charge in [0.25, 0.3) is 0 Å². The minimum atomic E-state index is -0.514. The highest BCUT2D eigenvalue weighted by Crippen LogP contribution is 2.33. The number of benzene rings is 2. The van der Waals surface area contributed by atoms with Crippen LogP contribution in [0.1, 0.15) is 39.2 Å². The van der Waals surface area contributed by atoms with Gasteiger partial charge in [0.1, 0.15) is 17.2 Å². The van der Waals surface area contributed by atoms with Crippen molar-refractivity contribution in [3.8, 4) is 17.1 Å². The zero-order valence-corrected chi connectivity index (χ0v) is 19.8. The zero-order chi connectivity index (χ0) is 23.6. The van der Waals surface area contributed by atoms with Crippen LogP contribution >= 0.6 is 0 Å². The number of hydrogen-bond donors (Lipinski definition) is 2. The van der Waals surface area contributed by atoms with Gasteiger partial charge in [0.15, 0.2) is 5.82 Å². The number of piperidine rings is 1. The summed E-state index contributed by atoms with van der Waals surface area (Å²) in [6, 6.07) is 13.3. The predicted molar refractivity (Wildman–Crippen MR) is 131 cm³/mol. The van der Waals surface area contributed by atoms with Gasteiger partial charge >= 0.3 is 6.09 Å². The Bertz CT molecular complexity index is 1160. The average molecular weight is 449 g/mol. The number of nitrogens with zero attached hydrogens (tertiary/aromatic N) is 3. The number of fused-ring (bicyclic) bond motifs is 1. The molecule has 2 heterocycles. The lowest BCUT2D eigenvalue weighted by Gasteiger charge is -2.34. The van der Waals surface area contributed by atoms with Crippen molar-refractivity contribution in [2.24, 2.45) is 5.92 Å². The fourth-order valence-corrected chi connectivity index (χ4v) is 4.21. The SMILES string of the molecule is Cc1ccc2c(N3CCCC(CNC(=O)OC(C)(C)C)C3)nc(-c3ccccc3O)nc2c1. The van der Waals surface area contributed by atoms with Crippen LogP contribution in [0.3, 0.4) is 0 Å². The normalized spacial score (nSPS) is 16.6. The van der Waals surface area contributed by atoms with Crippen molar-refractivity contribution in [1.29, 1.82) is 0 Å². The van der Waals surface area contributed by atoms with Crippen molar-refractivity contribution in [3.63, 3.8) is 0 Å². The number of rotatable bonds is 4. The number of aromatic nitrogens is 2. The van der Waals surface area contributed by atoms with Gasteiger partial charge in [0.2, 0.25) is 0 Å². The zero-order valence-electron chi connectivity index (χ0n) is 19.8. The van der Waals surface area contributed by atoms with Crippen molar-refractivity contribution in [2.45, 2.75) is 46.1 Å². The van der Waals surface area contributed by atoms with E-state index in [-0.39, 0.29) is 17.8 Å². The molecular weight excluding hydrogens is 416 g/mol. The van der Waals surface area contributed by atoms with Gasteiger partial charge in [0, 0.05) is 25.0 Å². The highest BCUT2D eigenvalue weighted by Gasteiger charge is 2.25. The van der Waals surface area contributed by atoms with Crippen LogP contribution in [0.25, 0.3) is 22.3 Å². The second kappa shape index (κ2) is 9.25. The minimum Gasteiger partial charge on any atom is -0.507 e. The summed E-state index contributed by atoms with van der Waals surface area (Å²) in [6.07, 6.45) is 1.65. The number of nitrogens with one attached hydrogen (secondary N) is 1. The summed E-state index contributed by atoms with van der Waals surface area (Å²) in [7, 11) is 0. The molecular formula is C26H32N4O3. The molecule has 3 aromatic rings. The molecule has 4 rings (SSSR count). The number of amides is 1. The van der Waals surface area contributed by atoms with E-state index in [1.165, 1.54) is 0 Å². The first-order valence-corrected chi connectivity index (χ1v) is 11.5. The predicted octanol–water partition coefficient (Wildman–Crippen LogP) is 5.05. The highest BCUT2D eigenvalue weighted by atomic mass is 16.6. The number of alkyl carbamates (subject to hydrolysis) is 1. The number of aryl methyl sites for hydroxylation is 1. The number of phenols is 1. The second-order valence-corrected chi connectivity index (χ2v) is 9.75. The van der Waals surface area contributed by atoms with Crippen LogP contribution in [0.5, 0.6) is 5.75 Å². The Morgan fingerprint density at radius 1 is 1.21 bits per heavy atom. The Labute approximate surface area is 194 Å². The minimum absolute atomic E-state index is 0.161. The molecule has 0 spiro atoms. The van der Waals surface area contributed by atoms with Crippen LogP contribution in [0, 0.1) is 12.8 Å². The van der Waals surface area contributed by atoms with Gasteiger partial charge in [-0.15, -0.1) is 0 Å². The van der Waals surface area contributed by atoms with Crippen LogP contribution in [0.2, 0.25) is 0 Å². The van der Waals surface area contributed by atoms with Gasteiger partial charge in [-0.05, 0) is 76.3 Å². The van der Waals surface area contributed by atoms with Gasteiger partial charge in [-0.2, -0.15) is 0 Å². The molecule has 1 aromatic heterocycles. The molecule has 174 valence electrons. The number of phenolic OH excluding ortho intramolecular Hbond substituents is 1. The number of aromatic hydroxyl groups is 1. The van der Waals surface area contributed by atoms with E-state index in [1.54, 1.807) is 12.1 Å². The monoisotopic (exact) mass is 448 g/mol. The van der Waals surface area contributed by atoms with E-state index in [0.717, 1.165) is 48.2 Å². The molecule has 33 heavy (non-hydrogen) atoms. The average Bonchev–Trinajstić information content (AvgIpc) is 2.76. The Morgan fingerprint density at radius 3 is 2.76 bits per heavy atom. The molecule has 1 amide bonds. The topological polar surface area (TPSA) is 87.6 Å². The first-order chi connectivity index (χ1) is 15.7. The number of carbonyl (C=O) groups excluding carboxylic acids is 1. The standard InChI is InChI=1S/C26H32N4O3/c1-17-11-12-19-21(14-17)28-23(20-9-5-6-10-22(20)31)29-24(19)30-13-7-8-18(16-30)15-27-25(32)33-26(2,3)4/h5-6,9-12,14,18,31H,7-8,13,15-16H2,1-4H3,(H,27,32). The van der Waals surface area contributed by atoms with Gasteiger partial charge in [-0.3, -0.25) is 0 Å². The molecule has 1 saturated heterocycles. The van der Waals surface area contributed by atoms with E-state index in [2.05, 4.69) is 28.4 Å². The summed E-state index contributed by atoms with van der Waals surface area (Å²) in [4.78, 5) is 24.0.